The molecule has 2 atom stereocenters. The third-order valence-electron chi connectivity index (χ3n) is 3.33. The van der Waals surface area contributed by atoms with E-state index < -0.39 is 28.0 Å². The molecule has 0 amide bonds. The summed E-state index contributed by atoms with van der Waals surface area (Å²) in [5, 5.41) is 9.20. The summed E-state index contributed by atoms with van der Waals surface area (Å²) in [5.74, 6) is -1.95. The van der Waals surface area contributed by atoms with Gasteiger partial charge in [0.2, 0.25) is 10.0 Å². The fraction of sp³-hybridized carbons (Fsp3) is 0.417. The van der Waals surface area contributed by atoms with Gasteiger partial charge in [0, 0.05) is 7.05 Å². The van der Waals surface area contributed by atoms with Crippen LogP contribution in [-0.2, 0) is 19.6 Å². The number of sulfonamides is 1. The molecule has 1 aliphatic heterocycles. The van der Waals surface area contributed by atoms with Crippen molar-refractivity contribution in [1.29, 1.82) is 0 Å². The Morgan fingerprint density at radius 1 is 1.40 bits per heavy atom. The zero-order chi connectivity index (χ0) is 14.9. The summed E-state index contributed by atoms with van der Waals surface area (Å²) >= 11 is 5.91. The van der Waals surface area contributed by atoms with Gasteiger partial charge in [-0.05, 0) is 12.1 Å². The van der Waals surface area contributed by atoms with Crippen LogP contribution in [0.25, 0.3) is 0 Å². The molecule has 6 nitrogen and oxygen atoms in total. The number of ether oxygens (including phenoxy) is 1. The lowest BCUT2D eigenvalue weighted by molar-refractivity contribution is -0.142. The van der Waals surface area contributed by atoms with Crippen molar-refractivity contribution in [3.63, 3.8) is 0 Å². The molecule has 0 bridgehead atoms. The van der Waals surface area contributed by atoms with E-state index in [1.165, 1.54) is 19.2 Å². The molecular weight excluding hydrogens is 306 g/mol. The van der Waals surface area contributed by atoms with Crippen molar-refractivity contribution in [3.8, 4) is 0 Å². The normalized spacial score (nSPS) is 23.1. The summed E-state index contributed by atoms with van der Waals surface area (Å²) in [6.07, 6.45) is 0. The Morgan fingerprint density at radius 3 is 2.65 bits per heavy atom. The summed E-state index contributed by atoms with van der Waals surface area (Å²) in [6.45, 7) is 0.0551. The van der Waals surface area contributed by atoms with E-state index in [0.717, 1.165) is 4.31 Å². The van der Waals surface area contributed by atoms with Gasteiger partial charge >= 0.3 is 5.97 Å². The molecule has 1 fully saturated rings. The van der Waals surface area contributed by atoms with Crippen LogP contribution in [0, 0.1) is 5.92 Å². The smallest absolute Gasteiger partial charge is 0.310 e. The number of benzene rings is 1. The highest BCUT2D eigenvalue weighted by Crippen LogP contribution is 2.28. The lowest BCUT2D eigenvalue weighted by Crippen LogP contribution is -2.44. The van der Waals surface area contributed by atoms with Gasteiger partial charge in [0.1, 0.15) is 4.90 Å². The van der Waals surface area contributed by atoms with Crippen molar-refractivity contribution in [3.05, 3.63) is 29.3 Å². The number of likely N-dealkylation sites (N-methyl/N-ethyl adjacent to an activating group) is 1. The molecule has 110 valence electrons. The number of hydrogen-bond donors (Lipinski definition) is 1. The maximum atomic E-state index is 12.5. The second-order valence-electron chi connectivity index (χ2n) is 4.50. The first-order valence-electron chi connectivity index (χ1n) is 5.89. The van der Waals surface area contributed by atoms with Crippen molar-refractivity contribution in [2.45, 2.75) is 10.9 Å². The average Bonchev–Trinajstić information content (AvgIpc) is 2.87. The highest BCUT2D eigenvalue weighted by Gasteiger charge is 2.41. The molecule has 0 spiro atoms. The van der Waals surface area contributed by atoms with E-state index in [1.807, 2.05) is 0 Å². The van der Waals surface area contributed by atoms with Crippen LogP contribution >= 0.6 is 11.6 Å². The second kappa shape index (κ2) is 5.69. The molecule has 1 aliphatic rings. The molecule has 1 aromatic carbocycles. The van der Waals surface area contributed by atoms with Crippen molar-refractivity contribution in [1.82, 2.24) is 4.31 Å². The minimum absolute atomic E-state index is 0.00236. The molecule has 0 aliphatic carbocycles. The number of hydrogen-bond acceptors (Lipinski definition) is 4. The number of halogens is 1. The highest BCUT2D eigenvalue weighted by molar-refractivity contribution is 7.89. The first-order chi connectivity index (χ1) is 9.35. The molecule has 20 heavy (non-hydrogen) atoms. The average molecular weight is 320 g/mol. The first kappa shape index (κ1) is 15.2. The molecule has 8 heteroatoms. The summed E-state index contributed by atoms with van der Waals surface area (Å²) in [4.78, 5) is 11.1. The minimum Gasteiger partial charge on any atom is -0.481 e. The van der Waals surface area contributed by atoms with Gasteiger partial charge in [0.05, 0.1) is 30.2 Å². The van der Waals surface area contributed by atoms with E-state index in [4.69, 9.17) is 21.4 Å². The zero-order valence-corrected chi connectivity index (χ0v) is 12.3. The van der Waals surface area contributed by atoms with Gasteiger partial charge in [0.25, 0.3) is 0 Å². The van der Waals surface area contributed by atoms with E-state index in [2.05, 4.69) is 0 Å². The molecule has 1 heterocycles. The van der Waals surface area contributed by atoms with Crippen LogP contribution in [0.5, 0.6) is 0 Å². The van der Waals surface area contributed by atoms with Crippen LogP contribution in [0.2, 0.25) is 5.02 Å². The largest absolute Gasteiger partial charge is 0.481 e. The molecule has 0 aromatic heterocycles. The molecule has 0 saturated carbocycles. The van der Waals surface area contributed by atoms with Gasteiger partial charge in [-0.25, -0.2) is 8.42 Å². The molecule has 1 saturated heterocycles. The maximum Gasteiger partial charge on any atom is 0.310 e. The number of carboxylic acids is 1. The number of carbonyl (C=O) groups is 1. The molecule has 1 N–H and O–H groups in total. The van der Waals surface area contributed by atoms with E-state index in [0.29, 0.717) is 0 Å². The van der Waals surface area contributed by atoms with Gasteiger partial charge in [0.15, 0.2) is 0 Å². The van der Waals surface area contributed by atoms with Crippen LogP contribution in [0.4, 0.5) is 0 Å². The van der Waals surface area contributed by atoms with Gasteiger partial charge in [-0.15, -0.1) is 0 Å². The van der Waals surface area contributed by atoms with Gasteiger partial charge in [-0.1, -0.05) is 23.7 Å². The lowest BCUT2D eigenvalue weighted by atomic mass is 10.1. The number of rotatable bonds is 4. The Balaban J connectivity index is 2.35. The fourth-order valence-corrected chi connectivity index (χ4v) is 3.99. The first-order valence-corrected chi connectivity index (χ1v) is 7.70. The summed E-state index contributed by atoms with van der Waals surface area (Å²) in [6, 6.07) is 5.31. The number of carboxylic acid groups (broad SMARTS) is 1. The monoisotopic (exact) mass is 319 g/mol. The molecular formula is C12H14ClNO5S. The van der Waals surface area contributed by atoms with Crippen molar-refractivity contribution >= 4 is 27.6 Å². The topological polar surface area (TPSA) is 83.9 Å². The van der Waals surface area contributed by atoms with E-state index in [-0.39, 0.29) is 23.1 Å². The Kier molecular flexibility index (Phi) is 4.33. The molecule has 1 aromatic rings. The van der Waals surface area contributed by atoms with Gasteiger partial charge < -0.3 is 9.84 Å². The third kappa shape index (κ3) is 2.67. The molecule has 0 radical (unpaired) electrons. The second-order valence-corrected chi connectivity index (χ2v) is 6.87. The predicted molar refractivity (Wildman–Crippen MR) is 72.1 cm³/mol. The zero-order valence-electron chi connectivity index (χ0n) is 10.7. The van der Waals surface area contributed by atoms with E-state index in [9.17, 15) is 13.2 Å². The Labute approximate surface area is 122 Å². The van der Waals surface area contributed by atoms with Crippen molar-refractivity contribution < 1.29 is 23.1 Å². The lowest BCUT2D eigenvalue weighted by Gasteiger charge is -2.25. The minimum atomic E-state index is -3.86. The fourth-order valence-electron chi connectivity index (χ4n) is 2.12. The quantitative estimate of drug-likeness (QED) is 0.897. The highest BCUT2D eigenvalue weighted by atomic mass is 35.5. The molecule has 2 unspecified atom stereocenters. The SMILES string of the molecule is CN(C1COCC1C(=O)O)S(=O)(=O)c1ccccc1Cl. The van der Waals surface area contributed by atoms with Crippen LogP contribution < -0.4 is 0 Å². The van der Waals surface area contributed by atoms with E-state index >= 15 is 0 Å². The van der Waals surface area contributed by atoms with Crippen LogP contribution in [0.15, 0.2) is 29.2 Å². The third-order valence-corrected chi connectivity index (χ3v) is 5.71. The Bertz CT molecular complexity index is 618. The van der Waals surface area contributed by atoms with Crippen LogP contribution in [0.1, 0.15) is 0 Å². The van der Waals surface area contributed by atoms with Gasteiger partial charge in [-0.3, -0.25) is 4.79 Å². The Morgan fingerprint density at radius 2 is 2.05 bits per heavy atom. The van der Waals surface area contributed by atoms with E-state index in [1.54, 1.807) is 12.1 Å². The van der Waals surface area contributed by atoms with Crippen molar-refractivity contribution in [2.75, 3.05) is 20.3 Å². The standard InChI is InChI=1S/C12H14ClNO5S/c1-14(10-7-19-6-8(10)12(15)16)20(17,18)11-5-3-2-4-9(11)13/h2-5,8,10H,6-7H2,1H3,(H,15,16). The predicted octanol–water partition coefficient (Wildman–Crippen LogP) is 1.06. The number of aliphatic carboxylic acids is 1. The van der Waals surface area contributed by atoms with Crippen LogP contribution in [0.3, 0.4) is 0 Å². The molecule has 2 rings (SSSR count). The summed E-state index contributed by atoms with van der Waals surface area (Å²) < 4.78 is 31.1. The van der Waals surface area contributed by atoms with Crippen molar-refractivity contribution in [2.24, 2.45) is 5.92 Å². The number of nitrogens with zero attached hydrogens (tertiary/aromatic N) is 1. The van der Waals surface area contributed by atoms with Crippen LogP contribution in [-0.4, -0.2) is 50.1 Å². The summed E-state index contributed by atoms with van der Waals surface area (Å²) in [7, 11) is -2.52. The summed E-state index contributed by atoms with van der Waals surface area (Å²) in [5.41, 5.74) is 0. The van der Waals surface area contributed by atoms with Gasteiger partial charge in [-0.2, -0.15) is 4.31 Å². The maximum absolute atomic E-state index is 12.5. The Hall–Kier alpha value is -1.15.